The van der Waals surface area contributed by atoms with E-state index in [0.717, 1.165) is 11.1 Å². The van der Waals surface area contributed by atoms with E-state index in [1.165, 1.54) is 0 Å². The predicted octanol–water partition coefficient (Wildman–Crippen LogP) is 4.77. The Bertz CT molecular complexity index is 1160. The van der Waals surface area contributed by atoms with Crippen molar-refractivity contribution in [2.75, 3.05) is 12.4 Å². The first-order valence-electron chi connectivity index (χ1n) is 8.85. The fourth-order valence-corrected chi connectivity index (χ4v) is 3.08. The molecule has 1 amide bonds. The summed E-state index contributed by atoms with van der Waals surface area (Å²) in [5.74, 6) is 0.304. The number of ether oxygens (including phenoxy) is 1. The second kappa shape index (κ2) is 7.15. The number of amides is 1. The molecule has 0 saturated carbocycles. The number of nitrogens with one attached hydrogen (secondary N) is 1. The van der Waals surface area contributed by atoms with E-state index in [2.05, 4.69) is 15.5 Å². The molecule has 0 aliphatic rings. The third kappa shape index (κ3) is 3.20. The van der Waals surface area contributed by atoms with Crippen molar-refractivity contribution in [3.8, 4) is 17.0 Å². The van der Waals surface area contributed by atoms with Gasteiger partial charge in [0.1, 0.15) is 5.75 Å². The van der Waals surface area contributed by atoms with Gasteiger partial charge >= 0.3 is 0 Å². The molecule has 1 N–H and O–H groups in total. The summed E-state index contributed by atoms with van der Waals surface area (Å²) in [6, 6.07) is 17.0. The highest BCUT2D eigenvalue weighted by atomic mass is 16.5. The number of anilines is 1. The van der Waals surface area contributed by atoms with Gasteiger partial charge in [-0.25, -0.2) is 4.98 Å². The van der Waals surface area contributed by atoms with Crippen molar-refractivity contribution >= 4 is 22.7 Å². The number of fused-ring (bicyclic) bond motifs is 1. The fourth-order valence-electron chi connectivity index (χ4n) is 3.08. The molecule has 0 fully saturated rings. The molecule has 6 heteroatoms. The number of rotatable bonds is 4. The number of benzene rings is 2. The van der Waals surface area contributed by atoms with Gasteiger partial charge in [0.05, 0.1) is 35.1 Å². The van der Waals surface area contributed by atoms with Crippen LogP contribution in [0.4, 0.5) is 5.69 Å². The number of para-hydroxylation sites is 2. The Kier molecular flexibility index (Phi) is 4.53. The fraction of sp³-hybridized carbons (Fsp3) is 0.136. The minimum atomic E-state index is -0.281. The number of hydrogen-bond acceptors (Lipinski definition) is 5. The van der Waals surface area contributed by atoms with Gasteiger partial charge in [-0.05, 0) is 32.0 Å². The van der Waals surface area contributed by atoms with E-state index in [1.807, 2.05) is 43.3 Å². The van der Waals surface area contributed by atoms with Gasteiger partial charge in [0, 0.05) is 5.56 Å². The second-order valence-corrected chi connectivity index (χ2v) is 6.52. The molecular weight excluding hydrogens is 354 g/mol. The van der Waals surface area contributed by atoms with Crippen LogP contribution in [0.1, 0.15) is 21.6 Å². The van der Waals surface area contributed by atoms with E-state index >= 15 is 0 Å². The monoisotopic (exact) mass is 373 g/mol. The first kappa shape index (κ1) is 17.7. The molecule has 140 valence electrons. The van der Waals surface area contributed by atoms with Gasteiger partial charge in [-0.2, -0.15) is 0 Å². The summed E-state index contributed by atoms with van der Waals surface area (Å²) < 4.78 is 10.7. The number of methoxy groups -OCH3 is 1. The Morgan fingerprint density at radius 3 is 2.57 bits per heavy atom. The summed E-state index contributed by atoms with van der Waals surface area (Å²) >= 11 is 0. The van der Waals surface area contributed by atoms with Gasteiger partial charge in [0.25, 0.3) is 11.6 Å². The molecule has 2 aromatic heterocycles. The molecule has 0 atom stereocenters. The minimum absolute atomic E-state index is 0.281. The molecule has 0 unspecified atom stereocenters. The van der Waals surface area contributed by atoms with E-state index in [4.69, 9.17) is 9.26 Å². The van der Waals surface area contributed by atoms with Crippen molar-refractivity contribution in [3.63, 3.8) is 0 Å². The van der Waals surface area contributed by atoms with Crippen LogP contribution in [-0.2, 0) is 0 Å². The van der Waals surface area contributed by atoms with E-state index < -0.39 is 0 Å². The lowest BCUT2D eigenvalue weighted by Crippen LogP contribution is -2.13. The molecule has 4 aromatic rings. The van der Waals surface area contributed by atoms with Crippen molar-refractivity contribution in [1.29, 1.82) is 0 Å². The SMILES string of the molecule is COc1ccccc1NC(=O)c1cc(-c2ccc(C)cc2)nc2onc(C)c12. The molecule has 0 radical (unpaired) electrons. The van der Waals surface area contributed by atoms with Crippen molar-refractivity contribution in [1.82, 2.24) is 10.1 Å². The van der Waals surface area contributed by atoms with Crippen LogP contribution in [0.15, 0.2) is 59.1 Å². The predicted molar refractivity (Wildman–Crippen MR) is 108 cm³/mol. The topological polar surface area (TPSA) is 77.2 Å². The molecular formula is C22H19N3O3. The maximum absolute atomic E-state index is 13.1. The van der Waals surface area contributed by atoms with Gasteiger partial charge in [0.2, 0.25) is 0 Å². The number of pyridine rings is 1. The van der Waals surface area contributed by atoms with Crippen LogP contribution >= 0.6 is 0 Å². The largest absolute Gasteiger partial charge is 0.495 e. The Morgan fingerprint density at radius 1 is 1.07 bits per heavy atom. The van der Waals surface area contributed by atoms with Gasteiger partial charge in [0.15, 0.2) is 0 Å². The zero-order chi connectivity index (χ0) is 19.7. The maximum atomic E-state index is 13.1. The molecule has 0 saturated heterocycles. The second-order valence-electron chi connectivity index (χ2n) is 6.52. The highest BCUT2D eigenvalue weighted by Crippen LogP contribution is 2.29. The van der Waals surface area contributed by atoms with Gasteiger partial charge in [-0.3, -0.25) is 4.79 Å². The quantitative estimate of drug-likeness (QED) is 0.558. The Morgan fingerprint density at radius 2 is 1.82 bits per heavy atom. The molecule has 28 heavy (non-hydrogen) atoms. The zero-order valence-corrected chi connectivity index (χ0v) is 15.8. The van der Waals surface area contributed by atoms with Gasteiger partial charge in [-0.15, -0.1) is 0 Å². The molecule has 0 spiro atoms. The molecule has 0 aliphatic carbocycles. The summed E-state index contributed by atoms with van der Waals surface area (Å²) in [6.45, 7) is 3.81. The standard InChI is InChI=1S/C22H19N3O3/c1-13-8-10-15(11-9-13)18-12-16(20-14(2)25-28-22(20)24-18)21(26)23-17-6-4-5-7-19(17)27-3/h4-12H,1-3H3,(H,23,26). The van der Waals surface area contributed by atoms with Crippen LogP contribution < -0.4 is 10.1 Å². The maximum Gasteiger partial charge on any atom is 0.259 e. The van der Waals surface area contributed by atoms with Crippen LogP contribution in [0.5, 0.6) is 5.75 Å². The number of carbonyl (C=O) groups is 1. The Labute approximate surface area is 162 Å². The highest BCUT2D eigenvalue weighted by Gasteiger charge is 2.20. The summed E-state index contributed by atoms with van der Waals surface area (Å²) in [6.07, 6.45) is 0. The summed E-state index contributed by atoms with van der Waals surface area (Å²) in [5, 5.41) is 7.50. The summed E-state index contributed by atoms with van der Waals surface area (Å²) in [5.41, 5.74) is 4.68. The lowest BCUT2D eigenvalue weighted by molar-refractivity contribution is 0.102. The number of aromatic nitrogens is 2. The number of carbonyl (C=O) groups excluding carboxylic acids is 1. The van der Waals surface area contributed by atoms with Crippen LogP contribution in [0.3, 0.4) is 0 Å². The van der Waals surface area contributed by atoms with E-state index in [9.17, 15) is 4.79 Å². The molecule has 0 aliphatic heterocycles. The average molecular weight is 373 g/mol. The summed E-state index contributed by atoms with van der Waals surface area (Å²) in [7, 11) is 1.56. The first-order chi connectivity index (χ1) is 13.6. The van der Waals surface area contributed by atoms with Crippen molar-refractivity contribution in [2.45, 2.75) is 13.8 Å². The molecule has 2 aromatic carbocycles. The third-order valence-corrected chi connectivity index (χ3v) is 4.56. The molecule has 2 heterocycles. The van der Waals surface area contributed by atoms with Crippen molar-refractivity contribution in [2.24, 2.45) is 0 Å². The molecule has 6 nitrogen and oxygen atoms in total. The molecule has 4 rings (SSSR count). The van der Waals surface area contributed by atoms with Crippen molar-refractivity contribution in [3.05, 3.63) is 71.4 Å². The van der Waals surface area contributed by atoms with E-state index in [0.29, 0.717) is 39.5 Å². The number of hydrogen-bond donors (Lipinski definition) is 1. The third-order valence-electron chi connectivity index (χ3n) is 4.56. The van der Waals surface area contributed by atoms with Gasteiger partial charge in [-0.1, -0.05) is 47.1 Å². The van der Waals surface area contributed by atoms with Crippen LogP contribution in [-0.4, -0.2) is 23.2 Å². The Hall–Kier alpha value is -3.67. The molecule has 0 bridgehead atoms. The Balaban J connectivity index is 1.81. The van der Waals surface area contributed by atoms with E-state index in [-0.39, 0.29) is 5.91 Å². The average Bonchev–Trinajstić information content (AvgIpc) is 3.09. The highest BCUT2D eigenvalue weighted by molar-refractivity contribution is 6.13. The first-order valence-corrected chi connectivity index (χ1v) is 8.85. The number of aryl methyl sites for hydroxylation is 2. The smallest absolute Gasteiger partial charge is 0.259 e. The van der Waals surface area contributed by atoms with Crippen LogP contribution in [0, 0.1) is 13.8 Å². The lowest BCUT2D eigenvalue weighted by atomic mass is 10.0. The number of nitrogens with zero attached hydrogens (tertiary/aromatic N) is 2. The zero-order valence-electron chi connectivity index (χ0n) is 15.8. The van der Waals surface area contributed by atoms with Crippen LogP contribution in [0.2, 0.25) is 0 Å². The minimum Gasteiger partial charge on any atom is -0.495 e. The van der Waals surface area contributed by atoms with E-state index in [1.54, 1.807) is 32.2 Å². The van der Waals surface area contributed by atoms with Gasteiger partial charge < -0.3 is 14.6 Å². The van der Waals surface area contributed by atoms with Crippen LogP contribution in [0.25, 0.3) is 22.4 Å². The normalized spacial score (nSPS) is 10.8. The summed E-state index contributed by atoms with van der Waals surface area (Å²) in [4.78, 5) is 17.7. The lowest BCUT2D eigenvalue weighted by Gasteiger charge is -2.11. The van der Waals surface area contributed by atoms with Crippen molar-refractivity contribution < 1.29 is 14.1 Å².